The van der Waals surface area contributed by atoms with Crippen LogP contribution in [0.25, 0.3) is 0 Å². The maximum absolute atomic E-state index is 4.27. The fourth-order valence-corrected chi connectivity index (χ4v) is 1.84. The topological polar surface area (TPSA) is 28.7 Å². The van der Waals surface area contributed by atoms with Crippen LogP contribution in [0.2, 0.25) is 0 Å². The first-order valence-corrected chi connectivity index (χ1v) is 5.22. The molecule has 0 radical (unpaired) electrons. The van der Waals surface area contributed by atoms with Gasteiger partial charge < -0.3 is 4.98 Å². The standard InChI is InChI=1S/C13H16N2/c1-9-4-5-10(2)12(11(9)3)8-13-14-6-7-15-13/h4-7H,8H2,1-3H3,(H,14,15). The van der Waals surface area contributed by atoms with Gasteiger partial charge in [-0.15, -0.1) is 0 Å². The molecule has 78 valence electrons. The van der Waals surface area contributed by atoms with Crippen molar-refractivity contribution in [2.75, 3.05) is 0 Å². The van der Waals surface area contributed by atoms with Crippen LogP contribution >= 0.6 is 0 Å². The summed E-state index contributed by atoms with van der Waals surface area (Å²) in [5.74, 6) is 1.03. The van der Waals surface area contributed by atoms with Crippen molar-refractivity contribution in [2.24, 2.45) is 0 Å². The van der Waals surface area contributed by atoms with E-state index in [0.717, 1.165) is 12.2 Å². The van der Waals surface area contributed by atoms with E-state index in [9.17, 15) is 0 Å². The summed E-state index contributed by atoms with van der Waals surface area (Å²) in [6.07, 6.45) is 4.57. The number of H-pyrrole nitrogens is 1. The van der Waals surface area contributed by atoms with Gasteiger partial charge in [0.25, 0.3) is 0 Å². The molecule has 0 saturated heterocycles. The molecule has 0 amide bonds. The average molecular weight is 200 g/mol. The first kappa shape index (κ1) is 9.97. The first-order valence-electron chi connectivity index (χ1n) is 5.22. The van der Waals surface area contributed by atoms with Gasteiger partial charge in [-0.1, -0.05) is 12.1 Å². The Morgan fingerprint density at radius 3 is 2.53 bits per heavy atom. The van der Waals surface area contributed by atoms with Crippen molar-refractivity contribution >= 4 is 0 Å². The second-order valence-corrected chi connectivity index (χ2v) is 4.02. The SMILES string of the molecule is Cc1ccc(C)c(Cc2ncc[nH]2)c1C. The third kappa shape index (κ3) is 1.94. The Balaban J connectivity index is 2.39. The van der Waals surface area contributed by atoms with Gasteiger partial charge in [0, 0.05) is 18.8 Å². The lowest BCUT2D eigenvalue weighted by molar-refractivity contribution is 0.996. The van der Waals surface area contributed by atoms with E-state index in [1.807, 2.05) is 6.20 Å². The molecule has 2 rings (SSSR count). The molecule has 0 fully saturated rings. The highest BCUT2D eigenvalue weighted by Crippen LogP contribution is 2.19. The molecule has 0 saturated carbocycles. The number of hydrogen-bond donors (Lipinski definition) is 1. The Morgan fingerprint density at radius 1 is 1.13 bits per heavy atom. The molecule has 1 N–H and O–H groups in total. The Bertz CT molecular complexity index is 456. The first-order chi connectivity index (χ1) is 7.18. The zero-order valence-electron chi connectivity index (χ0n) is 9.46. The summed E-state index contributed by atoms with van der Waals surface area (Å²) in [7, 11) is 0. The Hall–Kier alpha value is -1.57. The van der Waals surface area contributed by atoms with Gasteiger partial charge in [-0.25, -0.2) is 4.98 Å². The minimum atomic E-state index is 0.895. The van der Waals surface area contributed by atoms with Gasteiger partial charge in [0.05, 0.1) is 0 Å². The molecule has 0 unspecified atom stereocenters. The Kier molecular flexibility index (Phi) is 2.58. The van der Waals surface area contributed by atoms with E-state index < -0.39 is 0 Å². The fraction of sp³-hybridized carbons (Fsp3) is 0.308. The minimum Gasteiger partial charge on any atom is -0.348 e. The van der Waals surface area contributed by atoms with Crippen LogP contribution in [0.3, 0.4) is 0 Å². The van der Waals surface area contributed by atoms with Crippen molar-refractivity contribution < 1.29 is 0 Å². The zero-order chi connectivity index (χ0) is 10.8. The summed E-state index contributed by atoms with van der Waals surface area (Å²) in [6, 6.07) is 4.36. The molecular weight excluding hydrogens is 184 g/mol. The summed E-state index contributed by atoms with van der Waals surface area (Å²) in [5.41, 5.74) is 5.47. The largest absolute Gasteiger partial charge is 0.348 e. The summed E-state index contributed by atoms with van der Waals surface area (Å²) in [5, 5.41) is 0. The zero-order valence-corrected chi connectivity index (χ0v) is 9.46. The van der Waals surface area contributed by atoms with E-state index in [1.165, 1.54) is 22.3 Å². The third-order valence-corrected chi connectivity index (χ3v) is 3.00. The van der Waals surface area contributed by atoms with Gasteiger partial charge in [0.1, 0.15) is 5.82 Å². The minimum absolute atomic E-state index is 0.895. The van der Waals surface area contributed by atoms with Crippen LogP contribution in [0.15, 0.2) is 24.5 Å². The van der Waals surface area contributed by atoms with E-state index in [4.69, 9.17) is 0 Å². The van der Waals surface area contributed by atoms with Gasteiger partial charge in [0.2, 0.25) is 0 Å². The number of aromatic amines is 1. The maximum atomic E-state index is 4.27. The number of imidazole rings is 1. The molecular formula is C13H16N2. The van der Waals surface area contributed by atoms with E-state index in [1.54, 1.807) is 6.20 Å². The van der Waals surface area contributed by atoms with Gasteiger partial charge in [-0.05, 0) is 43.0 Å². The van der Waals surface area contributed by atoms with Crippen molar-refractivity contribution in [3.05, 3.63) is 52.6 Å². The van der Waals surface area contributed by atoms with E-state index >= 15 is 0 Å². The van der Waals surface area contributed by atoms with E-state index in [0.29, 0.717) is 0 Å². The highest BCUT2D eigenvalue weighted by Gasteiger charge is 2.06. The number of benzene rings is 1. The van der Waals surface area contributed by atoms with Crippen LogP contribution < -0.4 is 0 Å². The highest BCUT2D eigenvalue weighted by atomic mass is 14.9. The second-order valence-electron chi connectivity index (χ2n) is 4.02. The Labute approximate surface area is 90.4 Å². The Morgan fingerprint density at radius 2 is 1.87 bits per heavy atom. The molecule has 0 aliphatic rings. The number of aryl methyl sites for hydroxylation is 2. The lowest BCUT2D eigenvalue weighted by Gasteiger charge is -2.10. The van der Waals surface area contributed by atoms with Crippen molar-refractivity contribution in [3.8, 4) is 0 Å². The summed E-state index contributed by atoms with van der Waals surface area (Å²) >= 11 is 0. The number of aromatic nitrogens is 2. The molecule has 2 nitrogen and oxygen atoms in total. The van der Waals surface area contributed by atoms with Gasteiger partial charge in [-0.2, -0.15) is 0 Å². The van der Waals surface area contributed by atoms with Crippen LogP contribution in [0.1, 0.15) is 28.1 Å². The van der Waals surface area contributed by atoms with Crippen LogP contribution in [-0.4, -0.2) is 9.97 Å². The highest BCUT2D eigenvalue weighted by molar-refractivity contribution is 5.40. The average Bonchev–Trinajstić information content (AvgIpc) is 2.71. The molecule has 15 heavy (non-hydrogen) atoms. The molecule has 1 heterocycles. The fourth-order valence-electron chi connectivity index (χ4n) is 1.84. The maximum Gasteiger partial charge on any atom is 0.110 e. The summed E-state index contributed by atoms with van der Waals surface area (Å²) in [6.45, 7) is 6.49. The van der Waals surface area contributed by atoms with Gasteiger partial charge in [0.15, 0.2) is 0 Å². The molecule has 2 aromatic rings. The smallest absolute Gasteiger partial charge is 0.110 e. The molecule has 0 aliphatic heterocycles. The summed E-state index contributed by atoms with van der Waals surface area (Å²) < 4.78 is 0. The van der Waals surface area contributed by atoms with Crippen molar-refractivity contribution in [2.45, 2.75) is 27.2 Å². The van der Waals surface area contributed by atoms with Crippen LogP contribution in [-0.2, 0) is 6.42 Å². The molecule has 0 atom stereocenters. The molecule has 0 spiro atoms. The summed E-state index contributed by atoms with van der Waals surface area (Å²) in [4.78, 5) is 7.42. The normalized spacial score (nSPS) is 10.6. The molecule has 0 aliphatic carbocycles. The molecule has 0 bridgehead atoms. The van der Waals surface area contributed by atoms with E-state index in [-0.39, 0.29) is 0 Å². The third-order valence-electron chi connectivity index (χ3n) is 3.00. The number of nitrogens with one attached hydrogen (secondary N) is 1. The van der Waals surface area contributed by atoms with Crippen LogP contribution in [0.4, 0.5) is 0 Å². The van der Waals surface area contributed by atoms with E-state index in [2.05, 4.69) is 42.9 Å². The molecule has 1 aromatic heterocycles. The number of nitrogens with zero attached hydrogens (tertiary/aromatic N) is 1. The molecule has 1 aromatic carbocycles. The lowest BCUT2D eigenvalue weighted by atomic mass is 9.96. The molecule has 2 heteroatoms. The lowest BCUT2D eigenvalue weighted by Crippen LogP contribution is -1.99. The quantitative estimate of drug-likeness (QED) is 0.793. The van der Waals surface area contributed by atoms with Crippen molar-refractivity contribution in [1.82, 2.24) is 9.97 Å². The van der Waals surface area contributed by atoms with Gasteiger partial charge in [-0.3, -0.25) is 0 Å². The van der Waals surface area contributed by atoms with Crippen LogP contribution in [0, 0.1) is 20.8 Å². The number of rotatable bonds is 2. The second kappa shape index (κ2) is 3.89. The van der Waals surface area contributed by atoms with Crippen molar-refractivity contribution in [3.63, 3.8) is 0 Å². The monoisotopic (exact) mass is 200 g/mol. The van der Waals surface area contributed by atoms with Crippen LogP contribution in [0.5, 0.6) is 0 Å². The predicted molar refractivity (Wildman–Crippen MR) is 62.0 cm³/mol. The number of hydrogen-bond acceptors (Lipinski definition) is 1. The van der Waals surface area contributed by atoms with Crippen molar-refractivity contribution in [1.29, 1.82) is 0 Å². The van der Waals surface area contributed by atoms with Gasteiger partial charge >= 0.3 is 0 Å². The predicted octanol–water partition coefficient (Wildman–Crippen LogP) is 2.93.